The Bertz CT molecular complexity index is 113. The maximum absolute atomic E-state index is 10.7. The highest BCUT2D eigenvalue weighted by Crippen LogP contribution is 1.91. The lowest BCUT2D eigenvalue weighted by Gasteiger charge is -2.07. The normalized spacial score (nSPS) is 9.82. The second kappa shape index (κ2) is 6.01. The van der Waals surface area contributed by atoms with E-state index >= 15 is 0 Å². The fourth-order valence-electron chi connectivity index (χ4n) is 0.496. The van der Waals surface area contributed by atoms with E-state index in [-0.39, 0.29) is 12.0 Å². The zero-order valence-corrected chi connectivity index (χ0v) is 7.22. The standard InChI is InChI=1S/C8H16NO2/c1-4-5-9-8(10)11-6-7(2)3/h7H,2,4-6H2,1,3H3,(H,9,10). The number of alkyl carbamates (subject to hydrolysis) is 1. The van der Waals surface area contributed by atoms with Crippen molar-refractivity contribution < 1.29 is 9.53 Å². The van der Waals surface area contributed by atoms with Crippen molar-refractivity contribution in [2.75, 3.05) is 13.2 Å². The SMILES string of the molecule is [CH2]C(C)COC(=O)NCCC. The highest BCUT2D eigenvalue weighted by Gasteiger charge is 2.00. The summed E-state index contributed by atoms with van der Waals surface area (Å²) in [5.74, 6) is 0.155. The molecule has 0 aromatic heterocycles. The summed E-state index contributed by atoms with van der Waals surface area (Å²) in [5, 5.41) is 2.60. The number of amides is 1. The van der Waals surface area contributed by atoms with Gasteiger partial charge in [0.05, 0.1) is 6.61 Å². The molecule has 1 N–H and O–H groups in total. The quantitative estimate of drug-likeness (QED) is 0.674. The summed E-state index contributed by atoms with van der Waals surface area (Å²) in [6.45, 7) is 8.63. The van der Waals surface area contributed by atoms with Gasteiger partial charge in [-0.3, -0.25) is 0 Å². The van der Waals surface area contributed by atoms with Crippen molar-refractivity contribution in [2.45, 2.75) is 20.3 Å². The van der Waals surface area contributed by atoms with Crippen LogP contribution in [0.25, 0.3) is 0 Å². The smallest absolute Gasteiger partial charge is 0.407 e. The molecule has 0 spiro atoms. The number of rotatable bonds is 4. The molecule has 11 heavy (non-hydrogen) atoms. The third-order valence-corrected chi connectivity index (χ3v) is 1.02. The molecule has 0 aliphatic heterocycles. The van der Waals surface area contributed by atoms with Gasteiger partial charge in [-0.15, -0.1) is 0 Å². The number of hydrogen-bond acceptors (Lipinski definition) is 2. The van der Waals surface area contributed by atoms with Crippen LogP contribution in [0.5, 0.6) is 0 Å². The largest absolute Gasteiger partial charge is 0.449 e. The molecule has 3 nitrogen and oxygen atoms in total. The third kappa shape index (κ3) is 7.16. The number of hydrogen-bond donors (Lipinski definition) is 1. The lowest BCUT2D eigenvalue weighted by molar-refractivity contribution is 0.136. The van der Waals surface area contributed by atoms with E-state index in [1.54, 1.807) is 0 Å². The van der Waals surface area contributed by atoms with Crippen LogP contribution >= 0.6 is 0 Å². The molecule has 0 aromatic rings. The van der Waals surface area contributed by atoms with Gasteiger partial charge in [-0.05, 0) is 19.3 Å². The highest BCUT2D eigenvalue weighted by molar-refractivity contribution is 5.66. The van der Waals surface area contributed by atoms with Gasteiger partial charge in [0.2, 0.25) is 0 Å². The average Bonchev–Trinajstić information content (AvgIpc) is 1.97. The van der Waals surface area contributed by atoms with Crippen molar-refractivity contribution in [3.63, 3.8) is 0 Å². The summed E-state index contributed by atoms with van der Waals surface area (Å²) in [6.07, 6.45) is 0.581. The molecule has 65 valence electrons. The minimum atomic E-state index is -0.345. The predicted molar refractivity (Wildman–Crippen MR) is 44.2 cm³/mol. The van der Waals surface area contributed by atoms with Gasteiger partial charge in [-0.25, -0.2) is 4.79 Å². The maximum Gasteiger partial charge on any atom is 0.407 e. The molecule has 1 amide bonds. The fraction of sp³-hybridized carbons (Fsp3) is 0.750. The van der Waals surface area contributed by atoms with Crippen molar-refractivity contribution in [1.82, 2.24) is 5.32 Å². The third-order valence-electron chi connectivity index (χ3n) is 1.02. The summed E-state index contributed by atoms with van der Waals surface area (Å²) in [5.41, 5.74) is 0. The van der Waals surface area contributed by atoms with Crippen LogP contribution in [0.1, 0.15) is 20.3 Å². The minimum absolute atomic E-state index is 0.155. The fourth-order valence-corrected chi connectivity index (χ4v) is 0.496. The first-order valence-corrected chi connectivity index (χ1v) is 3.90. The Balaban J connectivity index is 3.23. The van der Waals surface area contributed by atoms with E-state index < -0.39 is 0 Å². The number of carbonyl (C=O) groups is 1. The number of carbonyl (C=O) groups excluding carboxylic acids is 1. The molecule has 0 heterocycles. The second-order valence-corrected chi connectivity index (χ2v) is 2.63. The first-order chi connectivity index (χ1) is 5.16. The van der Waals surface area contributed by atoms with E-state index in [1.807, 2.05) is 13.8 Å². The summed E-state index contributed by atoms with van der Waals surface area (Å²) in [7, 11) is 0. The Morgan fingerprint density at radius 3 is 2.82 bits per heavy atom. The van der Waals surface area contributed by atoms with Gasteiger partial charge < -0.3 is 10.1 Å². The van der Waals surface area contributed by atoms with Crippen molar-refractivity contribution in [1.29, 1.82) is 0 Å². The van der Waals surface area contributed by atoms with Gasteiger partial charge in [0, 0.05) is 6.54 Å². The number of ether oxygens (including phenoxy) is 1. The van der Waals surface area contributed by atoms with Crippen LogP contribution in [0.3, 0.4) is 0 Å². The van der Waals surface area contributed by atoms with E-state index in [2.05, 4.69) is 12.2 Å². The summed E-state index contributed by atoms with van der Waals surface area (Å²) in [6, 6.07) is 0. The lowest BCUT2D eigenvalue weighted by Crippen LogP contribution is -2.26. The molecule has 0 aliphatic rings. The molecule has 0 bridgehead atoms. The van der Waals surface area contributed by atoms with Gasteiger partial charge in [0.15, 0.2) is 0 Å². The molecule has 0 saturated carbocycles. The maximum atomic E-state index is 10.7. The van der Waals surface area contributed by atoms with Crippen LogP contribution < -0.4 is 5.32 Å². The van der Waals surface area contributed by atoms with Crippen molar-refractivity contribution in [2.24, 2.45) is 5.92 Å². The summed E-state index contributed by atoms with van der Waals surface area (Å²) in [4.78, 5) is 10.7. The van der Waals surface area contributed by atoms with Crippen molar-refractivity contribution in [3.05, 3.63) is 6.92 Å². The van der Waals surface area contributed by atoms with Crippen molar-refractivity contribution >= 4 is 6.09 Å². The molecule has 0 saturated heterocycles. The Morgan fingerprint density at radius 1 is 1.73 bits per heavy atom. The minimum Gasteiger partial charge on any atom is -0.449 e. The van der Waals surface area contributed by atoms with E-state index in [0.717, 1.165) is 6.42 Å². The summed E-state index contributed by atoms with van der Waals surface area (Å²) >= 11 is 0. The first kappa shape index (κ1) is 10.3. The molecular formula is C8H16NO2. The molecule has 1 unspecified atom stereocenters. The summed E-state index contributed by atoms with van der Waals surface area (Å²) < 4.78 is 4.79. The van der Waals surface area contributed by atoms with Crippen LogP contribution in [0.4, 0.5) is 4.79 Å². The Hall–Kier alpha value is -0.730. The van der Waals surface area contributed by atoms with E-state index in [0.29, 0.717) is 13.2 Å². The van der Waals surface area contributed by atoms with Crippen LogP contribution in [-0.4, -0.2) is 19.2 Å². The van der Waals surface area contributed by atoms with E-state index in [9.17, 15) is 4.79 Å². The molecule has 1 atom stereocenters. The molecular weight excluding hydrogens is 142 g/mol. The van der Waals surface area contributed by atoms with Gasteiger partial charge in [-0.1, -0.05) is 13.8 Å². The molecule has 0 aliphatic carbocycles. The second-order valence-electron chi connectivity index (χ2n) is 2.63. The zero-order chi connectivity index (χ0) is 8.69. The molecule has 0 aromatic carbocycles. The van der Waals surface area contributed by atoms with Gasteiger partial charge in [0.25, 0.3) is 0 Å². The van der Waals surface area contributed by atoms with Crippen LogP contribution in [0, 0.1) is 12.8 Å². The Morgan fingerprint density at radius 2 is 2.36 bits per heavy atom. The highest BCUT2D eigenvalue weighted by atomic mass is 16.5. The van der Waals surface area contributed by atoms with Gasteiger partial charge in [0.1, 0.15) is 0 Å². The first-order valence-electron chi connectivity index (χ1n) is 3.90. The van der Waals surface area contributed by atoms with Crippen molar-refractivity contribution in [3.8, 4) is 0 Å². The predicted octanol–water partition coefficient (Wildman–Crippen LogP) is 1.59. The van der Waals surface area contributed by atoms with Gasteiger partial charge in [-0.2, -0.15) is 0 Å². The average molecular weight is 158 g/mol. The number of nitrogens with one attached hydrogen (secondary N) is 1. The molecule has 0 fully saturated rings. The topological polar surface area (TPSA) is 38.3 Å². The van der Waals surface area contributed by atoms with Gasteiger partial charge >= 0.3 is 6.09 Å². The monoisotopic (exact) mass is 158 g/mol. The van der Waals surface area contributed by atoms with E-state index in [1.165, 1.54) is 0 Å². The van der Waals surface area contributed by atoms with Crippen LogP contribution in [-0.2, 0) is 4.74 Å². The molecule has 3 heteroatoms. The Labute approximate surface area is 68.1 Å². The van der Waals surface area contributed by atoms with E-state index in [4.69, 9.17) is 4.74 Å². The Kier molecular flexibility index (Phi) is 5.61. The molecule has 1 radical (unpaired) electrons. The van der Waals surface area contributed by atoms with Crippen LogP contribution in [0.2, 0.25) is 0 Å². The molecule has 0 rings (SSSR count). The lowest BCUT2D eigenvalue weighted by atomic mass is 10.2. The van der Waals surface area contributed by atoms with Crippen LogP contribution in [0.15, 0.2) is 0 Å². The zero-order valence-electron chi connectivity index (χ0n) is 7.22.